The molecule has 1 fully saturated rings. The Morgan fingerprint density at radius 3 is 2.57 bits per heavy atom. The molecule has 1 aromatic carbocycles. The number of nitrogens with two attached hydrogens (primary N) is 1. The van der Waals surface area contributed by atoms with E-state index < -0.39 is 0 Å². The molecule has 1 aliphatic rings. The second-order valence-corrected chi connectivity index (χ2v) is 6.09. The van der Waals surface area contributed by atoms with Crippen LogP contribution < -0.4 is 11.1 Å². The van der Waals surface area contributed by atoms with Gasteiger partial charge in [-0.05, 0) is 29.9 Å². The van der Waals surface area contributed by atoms with Gasteiger partial charge in [0.25, 0.3) is 0 Å². The van der Waals surface area contributed by atoms with Crippen molar-refractivity contribution in [1.82, 2.24) is 5.32 Å². The van der Waals surface area contributed by atoms with Crippen LogP contribution >= 0.6 is 0 Å². The molecule has 21 heavy (non-hydrogen) atoms. The first kappa shape index (κ1) is 16.0. The maximum Gasteiger partial charge on any atom is 0.225 e. The molecule has 4 nitrogen and oxygen atoms in total. The Morgan fingerprint density at radius 1 is 1.33 bits per heavy atom. The largest absolute Gasteiger partial charge is 0.381 e. The Morgan fingerprint density at radius 2 is 2.00 bits per heavy atom. The number of benzene rings is 1. The van der Waals surface area contributed by atoms with Crippen LogP contribution in [0.3, 0.4) is 0 Å². The van der Waals surface area contributed by atoms with Crippen molar-refractivity contribution in [2.45, 2.75) is 38.6 Å². The van der Waals surface area contributed by atoms with Crippen molar-refractivity contribution >= 4 is 5.91 Å². The molecule has 1 heterocycles. The molecule has 4 heteroatoms. The van der Waals surface area contributed by atoms with Crippen LogP contribution in [0.1, 0.15) is 49.8 Å². The van der Waals surface area contributed by atoms with Gasteiger partial charge in [-0.1, -0.05) is 38.1 Å². The maximum absolute atomic E-state index is 12.0. The lowest BCUT2D eigenvalue weighted by Gasteiger charge is -2.22. The molecular weight excluding hydrogens is 264 g/mol. The summed E-state index contributed by atoms with van der Waals surface area (Å²) >= 11 is 0. The zero-order valence-corrected chi connectivity index (χ0v) is 13.0. The molecule has 0 aliphatic carbocycles. The van der Waals surface area contributed by atoms with Gasteiger partial charge in [0.1, 0.15) is 0 Å². The summed E-state index contributed by atoms with van der Waals surface area (Å²) in [6.45, 7) is 6.11. The van der Waals surface area contributed by atoms with Gasteiger partial charge in [0.15, 0.2) is 0 Å². The molecule has 0 spiro atoms. The summed E-state index contributed by atoms with van der Waals surface area (Å²) in [7, 11) is 0. The normalized spacial score (nSPS) is 20.3. The number of amides is 1. The third kappa shape index (κ3) is 4.55. The van der Waals surface area contributed by atoms with Crippen molar-refractivity contribution in [2.75, 3.05) is 19.8 Å². The number of hydrogen-bond acceptors (Lipinski definition) is 3. The Hall–Kier alpha value is -1.39. The molecule has 2 rings (SSSR count). The van der Waals surface area contributed by atoms with E-state index >= 15 is 0 Å². The van der Waals surface area contributed by atoms with E-state index in [4.69, 9.17) is 10.5 Å². The van der Waals surface area contributed by atoms with Gasteiger partial charge in [-0.15, -0.1) is 0 Å². The summed E-state index contributed by atoms with van der Waals surface area (Å²) < 4.78 is 5.34. The number of hydrogen-bond donors (Lipinski definition) is 2. The smallest absolute Gasteiger partial charge is 0.225 e. The number of rotatable bonds is 5. The van der Waals surface area contributed by atoms with E-state index in [1.807, 2.05) is 0 Å². The molecule has 116 valence electrons. The van der Waals surface area contributed by atoms with E-state index in [2.05, 4.69) is 43.4 Å². The molecule has 0 radical (unpaired) electrons. The fraction of sp³-hybridized carbons (Fsp3) is 0.588. The van der Waals surface area contributed by atoms with Crippen LogP contribution in [-0.2, 0) is 9.53 Å². The van der Waals surface area contributed by atoms with Gasteiger partial charge in [0, 0.05) is 19.2 Å². The molecule has 0 bridgehead atoms. The second kappa shape index (κ2) is 7.57. The molecule has 1 aliphatic heterocycles. The van der Waals surface area contributed by atoms with Crippen LogP contribution in [-0.4, -0.2) is 25.7 Å². The topological polar surface area (TPSA) is 64.3 Å². The van der Waals surface area contributed by atoms with Crippen molar-refractivity contribution < 1.29 is 9.53 Å². The lowest BCUT2D eigenvalue weighted by Crippen LogP contribution is -2.39. The van der Waals surface area contributed by atoms with Gasteiger partial charge in [-0.3, -0.25) is 4.79 Å². The minimum Gasteiger partial charge on any atom is -0.381 e. The average molecular weight is 290 g/mol. The van der Waals surface area contributed by atoms with Crippen LogP contribution in [0.5, 0.6) is 0 Å². The molecular formula is C17H26N2O2. The average Bonchev–Trinajstić information content (AvgIpc) is 2.53. The highest BCUT2D eigenvalue weighted by molar-refractivity contribution is 5.78. The monoisotopic (exact) mass is 290 g/mol. The molecule has 1 amide bonds. The SMILES string of the molecule is CC(C)c1ccc(C(N)CNC(=O)C2CCCOC2)cc1. The predicted octanol–water partition coefficient (Wildman–Crippen LogP) is 2.35. The molecule has 3 N–H and O–H groups in total. The number of carbonyl (C=O) groups is 1. The van der Waals surface area contributed by atoms with Crippen molar-refractivity contribution in [3.05, 3.63) is 35.4 Å². The standard InChI is InChI=1S/C17H26N2O2/c1-12(2)13-5-7-14(8-6-13)16(18)10-19-17(20)15-4-3-9-21-11-15/h5-8,12,15-16H,3-4,9-11,18H2,1-2H3,(H,19,20). The highest BCUT2D eigenvalue weighted by Crippen LogP contribution is 2.18. The second-order valence-electron chi connectivity index (χ2n) is 6.09. The Kier molecular flexibility index (Phi) is 5.76. The van der Waals surface area contributed by atoms with Gasteiger partial charge in [0.05, 0.1) is 12.5 Å². The Bertz CT molecular complexity index is 450. The fourth-order valence-corrected chi connectivity index (χ4v) is 2.55. The van der Waals surface area contributed by atoms with Crippen molar-refractivity contribution in [3.63, 3.8) is 0 Å². The summed E-state index contributed by atoms with van der Waals surface area (Å²) in [5.74, 6) is 0.555. The molecule has 1 aromatic rings. The third-order valence-electron chi connectivity index (χ3n) is 4.06. The van der Waals surface area contributed by atoms with Crippen LogP contribution in [0.2, 0.25) is 0 Å². The first-order valence-electron chi connectivity index (χ1n) is 7.79. The van der Waals surface area contributed by atoms with E-state index in [-0.39, 0.29) is 17.9 Å². The van der Waals surface area contributed by atoms with Crippen LogP contribution in [0.15, 0.2) is 24.3 Å². The van der Waals surface area contributed by atoms with E-state index in [1.165, 1.54) is 5.56 Å². The zero-order valence-electron chi connectivity index (χ0n) is 13.0. The highest BCUT2D eigenvalue weighted by Gasteiger charge is 2.22. The molecule has 0 aromatic heterocycles. The van der Waals surface area contributed by atoms with Gasteiger partial charge in [0.2, 0.25) is 5.91 Å². The summed E-state index contributed by atoms with van der Waals surface area (Å²) in [5.41, 5.74) is 8.51. The van der Waals surface area contributed by atoms with Gasteiger partial charge < -0.3 is 15.8 Å². The van der Waals surface area contributed by atoms with E-state index in [9.17, 15) is 4.79 Å². The molecule has 1 saturated heterocycles. The minimum absolute atomic E-state index is 0.0192. The Balaban J connectivity index is 1.83. The van der Waals surface area contributed by atoms with Crippen molar-refractivity contribution in [2.24, 2.45) is 11.7 Å². The van der Waals surface area contributed by atoms with Gasteiger partial charge >= 0.3 is 0 Å². The van der Waals surface area contributed by atoms with Crippen LogP contribution in [0, 0.1) is 5.92 Å². The van der Waals surface area contributed by atoms with E-state index in [1.54, 1.807) is 0 Å². The summed E-state index contributed by atoms with van der Waals surface area (Å²) in [4.78, 5) is 12.0. The van der Waals surface area contributed by atoms with Gasteiger partial charge in [-0.2, -0.15) is 0 Å². The van der Waals surface area contributed by atoms with E-state index in [0.717, 1.165) is 25.0 Å². The lowest BCUT2D eigenvalue weighted by molar-refractivity contribution is -0.129. The summed E-state index contributed by atoms with van der Waals surface area (Å²) in [6.07, 6.45) is 1.87. The number of nitrogens with one attached hydrogen (secondary N) is 1. The number of ether oxygens (including phenoxy) is 1. The quantitative estimate of drug-likeness (QED) is 0.875. The molecule has 0 saturated carbocycles. The summed E-state index contributed by atoms with van der Waals surface area (Å²) in [6, 6.07) is 8.15. The van der Waals surface area contributed by atoms with Crippen LogP contribution in [0.4, 0.5) is 0 Å². The predicted molar refractivity (Wildman–Crippen MR) is 84.0 cm³/mol. The fourth-order valence-electron chi connectivity index (χ4n) is 2.55. The third-order valence-corrected chi connectivity index (χ3v) is 4.06. The zero-order chi connectivity index (χ0) is 15.2. The highest BCUT2D eigenvalue weighted by atomic mass is 16.5. The molecule has 2 atom stereocenters. The first-order chi connectivity index (χ1) is 10.1. The minimum atomic E-state index is -0.167. The van der Waals surface area contributed by atoms with Gasteiger partial charge in [-0.25, -0.2) is 0 Å². The number of carbonyl (C=O) groups excluding carboxylic acids is 1. The lowest BCUT2D eigenvalue weighted by atomic mass is 9.99. The summed E-state index contributed by atoms with van der Waals surface area (Å²) in [5, 5.41) is 2.94. The van der Waals surface area contributed by atoms with E-state index in [0.29, 0.717) is 19.1 Å². The Labute approximate surface area is 127 Å². The van der Waals surface area contributed by atoms with Crippen molar-refractivity contribution in [1.29, 1.82) is 0 Å². The van der Waals surface area contributed by atoms with Crippen LogP contribution in [0.25, 0.3) is 0 Å². The van der Waals surface area contributed by atoms with Crippen molar-refractivity contribution in [3.8, 4) is 0 Å². The molecule has 2 unspecified atom stereocenters. The maximum atomic E-state index is 12.0. The first-order valence-corrected chi connectivity index (χ1v) is 7.79.